The molecule has 0 saturated carbocycles. The second-order valence-electron chi connectivity index (χ2n) is 7.23. The molecule has 128 valence electrons. The van der Waals surface area contributed by atoms with Crippen LogP contribution in [0.2, 0.25) is 0 Å². The SMILES string of the molecule is CSC[C@H]1CCCN(C(=O)c2cccc(CCC(C)(C)O)c2)C1. The standard InChI is InChI=1S/C19H29NO2S/c1-19(2,22)10-9-15-6-4-8-17(12-15)18(21)20-11-5-7-16(13-20)14-23-3/h4,6,8,12,16,22H,5,7,9-11,13-14H2,1-3H3/t16-/m0/s1. The third kappa shape index (κ3) is 5.85. The molecule has 0 radical (unpaired) electrons. The normalized spacial score (nSPS) is 19.0. The van der Waals surface area contributed by atoms with Crippen molar-refractivity contribution in [1.82, 2.24) is 4.90 Å². The lowest BCUT2D eigenvalue weighted by atomic mass is 9.96. The van der Waals surface area contributed by atoms with Gasteiger partial charge < -0.3 is 10.0 Å². The Labute approximate surface area is 144 Å². The number of benzene rings is 1. The lowest BCUT2D eigenvalue weighted by Gasteiger charge is -2.32. The second kappa shape index (κ2) is 8.20. The predicted octanol–water partition coefficient (Wildman–Crippen LogP) is 3.61. The van der Waals surface area contributed by atoms with Crippen LogP contribution in [0.4, 0.5) is 0 Å². The molecule has 1 aromatic rings. The number of aryl methyl sites for hydroxylation is 1. The molecule has 0 spiro atoms. The van der Waals surface area contributed by atoms with Crippen LogP contribution in [0.3, 0.4) is 0 Å². The highest BCUT2D eigenvalue weighted by Gasteiger charge is 2.24. The zero-order valence-electron chi connectivity index (χ0n) is 14.5. The van der Waals surface area contributed by atoms with Crippen molar-refractivity contribution in [2.75, 3.05) is 25.1 Å². The summed E-state index contributed by atoms with van der Waals surface area (Å²) in [6.07, 6.45) is 5.96. The fourth-order valence-corrected chi connectivity index (χ4v) is 3.86. The summed E-state index contributed by atoms with van der Waals surface area (Å²) in [5.41, 5.74) is 1.23. The molecule has 1 heterocycles. The monoisotopic (exact) mass is 335 g/mol. The van der Waals surface area contributed by atoms with Crippen molar-refractivity contribution in [2.45, 2.75) is 45.1 Å². The number of rotatable bonds is 6. The summed E-state index contributed by atoms with van der Waals surface area (Å²) in [5.74, 6) is 1.91. The Morgan fingerprint density at radius 1 is 1.43 bits per heavy atom. The zero-order chi connectivity index (χ0) is 16.9. The Balaban J connectivity index is 2.01. The van der Waals surface area contributed by atoms with Gasteiger partial charge in [0.15, 0.2) is 0 Å². The first-order valence-electron chi connectivity index (χ1n) is 8.48. The number of aliphatic hydroxyl groups is 1. The molecule has 1 saturated heterocycles. The number of hydrogen-bond acceptors (Lipinski definition) is 3. The average molecular weight is 336 g/mol. The molecule has 4 heteroatoms. The quantitative estimate of drug-likeness (QED) is 0.863. The van der Waals surface area contributed by atoms with Crippen LogP contribution in [0.25, 0.3) is 0 Å². The molecular weight excluding hydrogens is 306 g/mol. The van der Waals surface area contributed by atoms with Crippen molar-refractivity contribution in [1.29, 1.82) is 0 Å². The maximum atomic E-state index is 12.8. The Kier molecular flexibility index (Phi) is 6.54. The highest BCUT2D eigenvalue weighted by Crippen LogP contribution is 2.22. The Hall–Kier alpha value is -1.00. The Morgan fingerprint density at radius 2 is 2.22 bits per heavy atom. The van der Waals surface area contributed by atoms with Crippen molar-refractivity contribution in [3.05, 3.63) is 35.4 Å². The zero-order valence-corrected chi connectivity index (χ0v) is 15.4. The number of carbonyl (C=O) groups is 1. The predicted molar refractivity (Wildman–Crippen MR) is 98.1 cm³/mol. The van der Waals surface area contributed by atoms with E-state index in [4.69, 9.17) is 0 Å². The van der Waals surface area contributed by atoms with Gasteiger partial charge in [-0.25, -0.2) is 0 Å². The van der Waals surface area contributed by atoms with Crippen LogP contribution < -0.4 is 0 Å². The fraction of sp³-hybridized carbons (Fsp3) is 0.632. The first kappa shape index (κ1) is 18.3. The Bertz CT molecular complexity index is 522. The third-order valence-corrected chi connectivity index (χ3v) is 5.21. The summed E-state index contributed by atoms with van der Waals surface area (Å²) in [5, 5.41) is 9.86. The van der Waals surface area contributed by atoms with Gasteiger partial charge in [-0.2, -0.15) is 11.8 Å². The largest absolute Gasteiger partial charge is 0.390 e. The molecule has 0 aromatic heterocycles. The van der Waals surface area contributed by atoms with E-state index in [-0.39, 0.29) is 5.91 Å². The molecule has 2 rings (SSSR count). The van der Waals surface area contributed by atoms with Crippen molar-refractivity contribution < 1.29 is 9.90 Å². The van der Waals surface area contributed by atoms with Gasteiger partial charge in [0, 0.05) is 18.7 Å². The van der Waals surface area contributed by atoms with Crippen molar-refractivity contribution in [3.63, 3.8) is 0 Å². The van der Waals surface area contributed by atoms with Crippen LogP contribution in [0, 0.1) is 5.92 Å². The van der Waals surface area contributed by atoms with Crippen molar-refractivity contribution in [2.24, 2.45) is 5.92 Å². The van der Waals surface area contributed by atoms with Gasteiger partial charge in [-0.1, -0.05) is 12.1 Å². The Morgan fingerprint density at radius 3 is 2.91 bits per heavy atom. The summed E-state index contributed by atoms with van der Waals surface area (Å²) in [7, 11) is 0. The average Bonchev–Trinajstić information content (AvgIpc) is 2.52. The van der Waals surface area contributed by atoms with Crippen LogP contribution in [0.5, 0.6) is 0 Å². The van der Waals surface area contributed by atoms with E-state index >= 15 is 0 Å². The van der Waals surface area contributed by atoms with E-state index in [0.29, 0.717) is 12.3 Å². The first-order valence-corrected chi connectivity index (χ1v) is 9.88. The van der Waals surface area contributed by atoms with Gasteiger partial charge in [0.1, 0.15) is 0 Å². The van der Waals surface area contributed by atoms with Gasteiger partial charge in [-0.15, -0.1) is 0 Å². The number of likely N-dealkylation sites (tertiary alicyclic amines) is 1. The minimum Gasteiger partial charge on any atom is -0.390 e. The minimum absolute atomic E-state index is 0.154. The van der Waals surface area contributed by atoms with E-state index in [1.165, 1.54) is 6.42 Å². The second-order valence-corrected chi connectivity index (χ2v) is 8.14. The third-order valence-electron chi connectivity index (χ3n) is 4.41. The van der Waals surface area contributed by atoms with Gasteiger partial charge in [-0.3, -0.25) is 4.79 Å². The van der Waals surface area contributed by atoms with E-state index in [1.807, 2.05) is 54.8 Å². The topological polar surface area (TPSA) is 40.5 Å². The summed E-state index contributed by atoms with van der Waals surface area (Å²) in [6.45, 7) is 5.40. The van der Waals surface area contributed by atoms with Crippen LogP contribution in [0.1, 0.15) is 49.0 Å². The van der Waals surface area contributed by atoms with Gasteiger partial charge in [0.25, 0.3) is 5.91 Å². The maximum Gasteiger partial charge on any atom is 0.253 e. The van der Waals surface area contributed by atoms with Gasteiger partial charge >= 0.3 is 0 Å². The molecule has 1 atom stereocenters. The first-order chi connectivity index (χ1) is 10.9. The summed E-state index contributed by atoms with van der Waals surface area (Å²) >= 11 is 1.87. The highest BCUT2D eigenvalue weighted by atomic mass is 32.2. The molecule has 3 nitrogen and oxygen atoms in total. The molecule has 1 fully saturated rings. The van der Waals surface area contributed by atoms with Crippen molar-refractivity contribution in [3.8, 4) is 0 Å². The molecule has 1 aromatic carbocycles. The van der Waals surface area contributed by atoms with E-state index in [1.54, 1.807) is 0 Å². The minimum atomic E-state index is -0.669. The number of nitrogens with zero attached hydrogens (tertiary/aromatic N) is 1. The molecule has 1 N–H and O–H groups in total. The number of carbonyl (C=O) groups excluding carboxylic acids is 1. The highest BCUT2D eigenvalue weighted by molar-refractivity contribution is 7.98. The number of amides is 1. The number of piperidine rings is 1. The molecule has 0 bridgehead atoms. The van der Waals surface area contributed by atoms with Crippen LogP contribution >= 0.6 is 11.8 Å². The van der Waals surface area contributed by atoms with Gasteiger partial charge in [0.05, 0.1) is 5.60 Å². The van der Waals surface area contributed by atoms with Gasteiger partial charge in [-0.05, 0) is 75.2 Å². The lowest BCUT2D eigenvalue weighted by Crippen LogP contribution is -2.40. The van der Waals surface area contributed by atoms with E-state index in [9.17, 15) is 9.90 Å². The van der Waals surface area contributed by atoms with Crippen molar-refractivity contribution >= 4 is 17.7 Å². The van der Waals surface area contributed by atoms with E-state index in [2.05, 4.69) is 6.26 Å². The summed E-state index contributed by atoms with van der Waals surface area (Å²) in [6, 6.07) is 7.89. The van der Waals surface area contributed by atoms with E-state index in [0.717, 1.165) is 42.8 Å². The number of thioether (sulfide) groups is 1. The molecule has 0 unspecified atom stereocenters. The smallest absolute Gasteiger partial charge is 0.253 e. The number of hydrogen-bond donors (Lipinski definition) is 1. The maximum absolute atomic E-state index is 12.8. The molecule has 1 aliphatic heterocycles. The summed E-state index contributed by atoms with van der Waals surface area (Å²) < 4.78 is 0. The molecule has 1 aliphatic rings. The van der Waals surface area contributed by atoms with E-state index < -0.39 is 5.60 Å². The van der Waals surface area contributed by atoms with Crippen LogP contribution in [0.15, 0.2) is 24.3 Å². The van der Waals surface area contributed by atoms with Crippen LogP contribution in [-0.4, -0.2) is 46.6 Å². The lowest BCUT2D eigenvalue weighted by molar-refractivity contribution is 0.0685. The fourth-order valence-electron chi connectivity index (χ4n) is 3.11. The molecule has 1 amide bonds. The molecular formula is C19H29NO2S. The molecule has 23 heavy (non-hydrogen) atoms. The van der Waals surface area contributed by atoms with Gasteiger partial charge in [0.2, 0.25) is 0 Å². The molecule has 0 aliphatic carbocycles. The summed E-state index contributed by atoms with van der Waals surface area (Å²) in [4.78, 5) is 14.8. The van der Waals surface area contributed by atoms with Crippen LogP contribution in [-0.2, 0) is 6.42 Å².